The van der Waals surface area contributed by atoms with Crippen LogP contribution in [0.15, 0.2) is 22.7 Å². The van der Waals surface area contributed by atoms with E-state index in [2.05, 4.69) is 15.5 Å². The molecule has 3 rings (SSSR count). The fraction of sp³-hybridized carbons (Fsp3) is 0.385. The fourth-order valence-corrected chi connectivity index (χ4v) is 2.43. The van der Waals surface area contributed by atoms with Gasteiger partial charge in [0, 0.05) is 0 Å². The highest BCUT2D eigenvalue weighted by Gasteiger charge is 2.22. The second-order valence-electron chi connectivity index (χ2n) is 4.56. The van der Waals surface area contributed by atoms with Crippen molar-refractivity contribution < 1.29 is 8.91 Å². The molecule has 1 unspecified atom stereocenters. The summed E-state index contributed by atoms with van der Waals surface area (Å²) in [5.41, 5.74) is 0.427. The number of piperidine rings is 1. The molecule has 1 fully saturated rings. The maximum Gasteiger partial charge on any atom is 0.259 e. The zero-order valence-electron chi connectivity index (χ0n) is 10.2. The Hall–Kier alpha value is -1.46. The minimum atomic E-state index is -0.491. The van der Waals surface area contributed by atoms with E-state index in [4.69, 9.17) is 16.1 Å². The van der Waals surface area contributed by atoms with Crippen molar-refractivity contribution in [1.29, 1.82) is 0 Å². The molecule has 1 aliphatic heterocycles. The molecule has 100 valence electrons. The van der Waals surface area contributed by atoms with Crippen LogP contribution in [0.3, 0.4) is 0 Å². The number of hydrogen-bond acceptors (Lipinski definition) is 4. The van der Waals surface area contributed by atoms with Crippen molar-refractivity contribution in [3.63, 3.8) is 0 Å². The summed E-state index contributed by atoms with van der Waals surface area (Å²) in [4.78, 5) is 4.31. The van der Waals surface area contributed by atoms with Gasteiger partial charge in [0.1, 0.15) is 5.82 Å². The molecule has 6 heteroatoms. The van der Waals surface area contributed by atoms with Gasteiger partial charge in [-0.05, 0) is 31.5 Å². The average Bonchev–Trinajstić information content (AvgIpc) is 2.92. The van der Waals surface area contributed by atoms with Gasteiger partial charge in [0.2, 0.25) is 0 Å². The summed E-state index contributed by atoms with van der Waals surface area (Å²) in [6.07, 6.45) is 3.29. The highest BCUT2D eigenvalue weighted by molar-refractivity contribution is 6.33. The fourth-order valence-electron chi connectivity index (χ4n) is 2.23. The highest BCUT2D eigenvalue weighted by atomic mass is 35.5. The third-order valence-electron chi connectivity index (χ3n) is 3.25. The first-order valence-corrected chi connectivity index (χ1v) is 6.65. The van der Waals surface area contributed by atoms with Gasteiger partial charge >= 0.3 is 0 Å². The zero-order valence-corrected chi connectivity index (χ0v) is 11.0. The minimum absolute atomic E-state index is 0.00861. The number of nitrogens with zero attached hydrogens (tertiary/aromatic N) is 2. The van der Waals surface area contributed by atoms with Crippen molar-refractivity contribution in [1.82, 2.24) is 15.5 Å². The minimum Gasteiger partial charge on any atom is -0.334 e. The predicted molar refractivity (Wildman–Crippen MR) is 69.3 cm³/mol. The van der Waals surface area contributed by atoms with Crippen LogP contribution in [0.25, 0.3) is 11.5 Å². The number of rotatable bonds is 2. The van der Waals surface area contributed by atoms with E-state index in [1.54, 1.807) is 12.1 Å². The lowest BCUT2D eigenvalue weighted by atomic mass is 10.0. The molecule has 1 aromatic carbocycles. The molecular weight excluding hydrogens is 269 g/mol. The second-order valence-corrected chi connectivity index (χ2v) is 4.94. The van der Waals surface area contributed by atoms with E-state index in [1.807, 2.05) is 0 Å². The summed E-state index contributed by atoms with van der Waals surface area (Å²) in [7, 11) is 0. The Balaban J connectivity index is 1.90. The molecule has 2 aromatic rings. The largest absolute Gasteiger partial charge is 0.334 e. The van der Waals surface area contributed by atoms with Crippen molar-refractivity contribution in [2.24, 2.45) is 0 Å². The zero-order chi connectivity index (χ0) is 13.2. The van der Waals surface area contributed by atoms with Gasteiger partial charge in [-0.2, -0.15) is 4.98 Å². The molecule has 1 aliphatic rings. The Morgan fingerprint density at radius 3 is 3.05 bits per heavy atom. The Morgan fingerprint density at radius 2 is 2.26 bits per heavy atom. The van der Waals surface area contributed by atoms with Gasteiger partial charge in [0.25, 0.3) is 5.89 Å². The molecule has 0 amide bonds. The second kappa shape index (κ2) is 5.27. The molecular formula is C13H13ClFN3O. The van der Waals surface area contributed by atoms with Gasteiger partial charge in [0.15, 0.2) is 5.82 Å². The van der Waals surface area contributed by atoms with E-state index in [0.717, 1.165) is 25.8 Å². The maximum atomic E-state index is 13.4. The van der Waals surface area contributed by atoms with E-state index in [-0.39, 0.29) is 17.0 Å². The molecule has 1 saturated heterocycles. The lowest BCUT2D eigenvalue weighted by molar-refractivity contribution is 0.367. The third kappa shape index (κ3) is 2.48. The predicted octanol–water partition coefficient (Wildman–Crippen LogP) is 3.34. The Kier molecular flexibility index (Phi) is 3.48. The van der Waals surface area contributed by atoms with Gasteiger partial charge in [-0.1, -0.05) is 29.2 Å². The smallest absolute Gasteiger partial charge is 0.259 e. The number of nitrogens with one attached hydrogen (secondary N) is 1. The first kappa shape index (κ1) is 12.6. The van der Waals surface area contributed by atoms with Crippen LogP contribution < -0.4 is 5.32 Å². The van der Waals surface area contributed by atoms with Crippen LogP contribution in [-0.4, -0.2) is 16.7 Å². The molecule has 2 heterocycles. The number of aromatic nitrogens is 2. The van der Waals surface area contributed by atoms with Crippen molar-refractivity contribution in [3.8, 4) is 11.5 Å². The summed E-state index contributed by atoms with van der Waals surface area (Å²) in [6.45, 7) is 0.954. The van der Waals surface area contributed by atoms with Crippen molar-refractivity contribution in [3.05, 3.63) is 34.9 Å². The van der Waals surface area contributed by atoms with Crippen LogP contribution >= 0.6 is 11.6 Å². The van der Waals surface area contributed by atoms with Crippen molar-refractivity contribution in [2.75, 3.05) is 6.54 Å². The van der Waals surface area contributed by atoms with E-state index >= 15 is 0 Å². The normalized spacial score (nSPS) is 19.6. The van der Waals surface area contributed by atoms with Gasteiger partial charge in [0.05, 0.1) is 16.6 Å². The summed E-state index contributed by atoms with van der Waals surface area (Å²) < 4.78 is 18.6. The molecule has 1 aromatic heterocycles. The quantitative estimate of drug-likeness (QED) is 0.917. The standard InChI is InChI=1S/C13H13ClFN3O/c14-11-8(4-3-5-9(11)15)13-17-12(18-19-13)10-6-1-2-7-16-10/h3-5,10,16H,1-2,6-7H2. The van der Waals surface area contributed by atoms with Crippen LogP contribution in [0.4, 0.5) is 4.39 Å². The van der Waals surface area contributed by atoms with Gasteiger partial charge in [-0.25, -0.2) is 4.39 Å². The summed E-state index contributed by atoms with van der Waals surface area (Å²) >= 11 is 5.90. The van der Waals surface area contributed by atoms with E-state index in [1.165, 1.54) is 6.07 Å². The van der Waals surface area contributed by atoms with Crippen molar-refractivity contribution in [2.45, 2.75) is 25.3 Å². The van der Waals surface area contributed by atoms with Crippen LogP contribution in [0.1, 0.15) is 31.1 Å². The highest BCUT2D eigenvalue weighted by Crippen LogP contribution is 2.30. The molecule has 0 radical (unpaired) electrons. The number of benzene rings is 1. The van der Waals surface area contributed by atoms with Crippen LogP contribution in [0, 0.1) is 5.82 Å². The Morgan fingerprint density at radius 1 is 1.37 bits per heavy atom. The molecule has 0 saturated carbocycles. The monoisotopic (exact) mass is 281 g/mol. The SMILES string of the molecule is Fc1cccc(-c2nc(C3CCCCN3)no2)c1Cl. The summed E-state index contributed by atoms with van der Waals surface area (Å²) in [5, 5.41) is 7.30. The van der Waals surface area contributed by atoms with Gasteiger partial charge in [-0.3, -0.25) is 0 Å². The Bertz CT molecular complexity index is 581. The third-order valence-corrected chi connectivity index (χ3v) is 3.63. The van der Waals surface area contributed by atoms with Crippen LogP contribution in [-0.2, 0) is 0 Å². The first-order valence-electron chi connectivity index (χ1n) is 6.27. The molecule has 0 aliphatic carbocycles. The number of hydrogen-bond donors (Lipinski definition) is 1. The average molecular weight is 282 g/mol. The Labute approximate surface area is 115 Å². The topological polar surface area (TPSA) is 51.0 Å². The lowest BCUT2D eigenvalue weighted by Crippen LogP contribution is -2.27. The molecule has 0 spiro atoms. The van der Waals surface area contributed by atoms with E-state index < -0.39 is 5.82 Å². The van der Waals surface area contributed by atoms with E-state index in [9.17, 15) is 4.39 Å². The van der Waals surface area contributed by atoms with E-state index in [0.29, 0.717) is 11.4 Å². The molecule has 1 N–H and O–H groups in total. The molecule has 4 nitrogen and oxygen atoms in total. The maximum absolute atomic E-state index is 13.4. The van der Waals surface area contributed by atoms with Gasteiger partial charge in [-0.15, -0.1) is 0 Å². The van der Waals surface area contributed by atoms with Crippen LogP contribution in [0.2, 0.25) is 5.02 Å². The van der Waals surface area contributed by atoms with Gasteiger partial charge < -0.3 is 9.84 Å². The summed E-state index contributed by atoms with van der Waals surface area (Å²) in [6, 6.07) is 4.64. The summed E-state index contributed by atoms with van der Waals surface area (Å²) in [5.74, 6) is 0.372. The van der Waals surface area contributed by atoms with Crippen LogP contribution in [0.5, 0.6) is 0 Å². The molecule has 1 atom stereocenters. The molecule has 19 heavy (non-hydrogen) atoms. The number of halogens is 2. The first-order chi connectivity index (χ1) is 9.25. The molecule has 0 bridgehead atoms. The van der Waals surface area contributed by atoms with Crippen molar-refractivity contribution >= 4 is 11.6 Å². The lowest BCUT2D eigenvalue weighted by Gasteiger charge is -2.19.